The third-order valence-corrected chi connectivity index (χ3v) is 3.68. The van der Waals surface area contributed by atoms with Crippen LogP contribution >= 0.6 is 34.5 Å². The van der Waals surface area contributed by atoms with Crippen LogP contribution in [-0.4, -0.2) is 18.3 Å². The molecular formula is C18H20INO2S. The molecule has 2 aromatic carbocycles. The van der Waals surface area contributed by atoms with E-state index < -0.39 is 5.60 Å². The molecule has 0 N–H and O–H groups in total. The van der Waals surface area contributed by atoms with Crippen molar-refractivity contribution < 1.29 is 9.53 Å². The first-order chi connectivity index (χ1) is 10.8. The highest BCUT2D eigenvalue weighted by molar-refractivity contribution is 14.1. The van der Waals surface area contributed by atoms with Gasteiger partial charge in [0.05, 0.1) is 5.56 Å². The van der Waals surface area contributed by atoms with Crippen LogP contribution in [0, 0.1) is 3.57 Å². The molecule has 0 aliphatic heterocycles. The van der Waals surface area contributed by atoms with Gasteiger partial charge in [0.15, 0.2) is 0 Å². The predicted molar refractivity (Wildman–Crippen MR) is 106 cm³/mol. The van der Waals surface area contributed by atoms with Gasteiger partial charge in [-0.05, 0) is 80.4 Å². The number of nitrogens with zero attached hydrogens (tertiary/aromatic N) is 1. The van der Waals surface area contributed by atoms with E-state index in [0.717, 1.165) is 4.90 Å². The molecular weight excluding hydrogens is 421 g/mol. The Kier molecular flexibility index (Phi) is 8.33. The third kappa shape index (κ3) is 8.76. The SMILES string of the molecule is C=NSc1cccc(C(=O)OC(C)(C)C)c1.Ic1ccccc1. The standard InChI is InChI=1S/C12H15NO2S.C6H5I/c1-12(2,3)15-11(14)9-6-5-7-10(8-9)16-13-4;7-6-4-2-1-3-5-6/h5-8H,4H2,1-3H3;1-5H. The number of rotatable bonds is 3. The number of hydrogen-bond donors (Lipinski definition) is 0. The molecule has 0 bridgehead atoms. The van der Waals surface area contributed by atoms with Crippen LogP contribution < -0.4 is 0 Å². The van der Waals surface area contributed by atoms with Crippen molar-refractivity contribution in [1.29, 1.82) is 0 Å². The average Bonchev–Trinajstić information content (AvgIpc) is 2.48. The molecule has 2 rings (SSSR count). The van der Waals surface area contributed by atoms with Crippen molar-refractivity contribution in [2.75, 3.05) is 0 Å². The van der Waals surface area contributed by atoms with Gasteiger partial charge in [-0.2, -0.15) is 0 Å². The van der Waals surface area contributed by atoms with E-state index in [1.54, 1.807) is 18.2 Å². The zero-order chi connectivity index (χ0) is 17.3. The fourth-order valence-electron chi connectivity index (χ4n) is 1.51. The fraction of sp³-hybridized carbons (Fsp3) is 0.222. The molecule has 2 aromatic rings. The minimum absolute atomic E-state index is 0.320. The smallest absolute Gasteiger partial charge is 0.338 e. The number of ether oxygens (including phenoxy) is 1. The maximum Gasteiger partial charge on any atom is 0.338 e. The summed E-state index contributed by atoms with van der Waals surface area (Å²) in [5.41, 5.74) is 0.0558. The van der Waals surface area contributed by atoms with Gasteiger partial charge in [0.25, 0.3) is 0 Å². The Morgan fingerprint density at radius 2 is 1.78 bits per heavy atom. The molecule has 0 saturated carbocycles. The molecule has 122 valence electrons. The molecule has 0 heterocycles. The average molecular weight is 441 g/mol. The molecule has 0 saturated heterocycles. The van der Waals surface area contributed by atoms with E-state index in [0.29, 0.717) is 5.56 Å². The van der Waals surface area contributed by atoms with Crippen molar-refractivity contribution in [3.8, 4) is 0 Å². The summed E-state index contributed by atoms with van der Waals surface area (Å²) in [4.78, 5) is 12.6. The highest BCUT2D eigenvalue weighted by atomic mass is 127. The van der Waals surface area contributed by atoms with E-state index in [4.69, 9.17) is 4.74 Å². The van der Waals surface area contributed by atoms with Crippen LogP contribution in [0.4, 0.5) is 0 Å². The Morgan fingerprint density at radius 1 is 1.13 bits per heavy atom. The minimum atomic E-state index is -0.475. The first-order valence-corrected chi connectivity index (χ1v) is 8.84. The van der Waals surface area contributed by atoms with Crippen LogP contribution in [0.3, 0.4) is 0 Å². The molecule has 5 heteroatoms. The van der Waals surface area contributed by atoms with Gasteiger partial charge in [-0.3, -0.25) is 0 Å². The van der Waals surface area contributed by atoms with Crippen LogP contribution in [-0.2, 0) is 4.74 Å². The Morgan fingerprint density at radius 3 is 2.26 bits per heavy atom. The van der Waals surface area contributed by atoms with Gasteiger partial charge in [0, 0.05) is 20.4 Å². The monoisotopic (exact) mass is 441 g/mol. The van der Waals surface area contributed by atoms with Crippen LogP contribution in [0.5, 0.6) is 0 Å². The van der Waals surface area contributed by atoms with Gasteiger partial charge < -0.3 is 4.74 Å². The van der Waals surface area contributed by atoms with E-state index in [1.165, 1.54) is 15.5 Å². The largest absolute Gasteiger partial charge is 0.456 e. The number of carbonyl (C=O) groups is 1. The molecule has 0 aromatic heterocycles. The topological polar surface area (TPSA) is 38.7 Å². The zero-order valence-electron chi connectivity index (χ0n) is 13.5. The summed E-state index contributed by atoms with van der Waals surface area (Å²) >= 11 is 3.51. The molecule has 0 atom stereocenters. The quantitative estimate of drug-likeness (QED) is 0.268. The molecule has 0 spiro atoms. The Balaban J connectivity index is 0.000000313. The van der Waals surface area contributed by atoms with Crippen molar-refractivity contribution >= 4 is 47.2 Å². The summed E-state index contributed by atoms with van der Waals surface area (Å²) in [6, 6.07) is 17.3. The normalized spacial score (nSPS) is 10.3. The second-order valence-corrected chi connectivity index (χ2v) is 7.70. The van der Waals surface area contributed by atoms with Crippen molar-refractivity contribution in [1.82, 2.24) is 0 Å². The Bertz CT molecular complexity index is 639. The number of esters is 1. The molecule has 0 amide bonds. The lowest BCUT2D eigenvalue weighted by molar-refractivity contribution is 0.00692. The lowest BCUT2D eigenvalue weighted by Crippen LogP contribution is -2.23. The predicted octanol–water partition coefficient (Wildman–Crippen LogP) is 5.64. The summed E-state index contributed by atoms with van der Waals surface area (Å²) in [5.74, 6) is -0.320. The van der Waals surface area contributed by atoms with Crippen molar-refractivity contribution in [3.05, 3.63) is 63.7 Å². The number of carbonyl (C=O) groups excluding carboxylic acids is 1. The Hall–Kier alpha value is -1.34. The van der Waals surface area contributed by atoms with Gasteiger partial charge in [0.2, 0.25) is 0 Å². The minimum Gasteiger partial charge on any atom is -0.456 e. The van der Waals surface area contributed by atoms with Crippen LogP contribution in [0.25, 0.3) is 0 Å². The van der Waals surface area contributed by atoms with E-state index in [1.807, 2.05) is 45.0 Å². The van der Waals surface area contributed by atoms with Gasteiger partial charge in [-0.1, -0.05) is 24.3 Å². The maximum atomic E-state index is 11.7. The molecule has 0 unspecified atom stereocenters. The summed E-state index contributed by atoms with van der Waals surface area (Å²) in [7, 11) is 0. The van der Waals surface area contributed by atoms with E-state index in [9.17, 15) is 4.79 Å². The van der Waals surface area contributed by atoms with Gasteiger partial charge in [0.1, 0.15) is 5.60 Å². The second kappa shape index (κ2) is 9.72. The molecule has 0 aliphatic rings. The maximum absolute atomic E-state index is 11.7. The molecule has 23 heavy (non-hydrogen) atoms. The number of hydrogen-bond acceptors (Lipinski definition) is 4. The van der Waals surface area contributed by atoms with Crippen LogP contribution in [0.15, 0.2) is 63.9 Å². The van der Waals surface area contributed by atoms with Crippen molar-refractivity contribution in [3.63, 3.8) is 0 Å². The number of benzene rings is 2. The Labute approximate surface area is 155 Å². The molecule has 3 nitrogen and oxygen atoms in total. The first-order valence-electron chi connectivity index (χ1n) is 6.99. The molecule has 0 fully saturated rings. The summed E-state index contributed by atoms with van der Waals surface area (Å²) in [6.45, 7) is 8.91. The summed E-state index contributed by atoms with van der Waals surface area (Å²) in [6.07, 6.45) is 0. The lowest BCUT2D eigenvalue weighted by atomic mass is 10.2. The van der Waals surface area contributed by atoms with Crippen LogP contribution in [0.2, 0.25) is 0 Å². The van der Waals surface area contributed by atoms with E-state index in [-0.39, 0.29) is 5.97 Å². The van der Waals surface area contributed by atoms with Crippen molar-refractivity contribution in [2.45, 2.75) is 31.3 Å². The van der Waals surface area contributed by atoms with Gasteiger partial charge in [-0.25, -0.2) is 9.19 Å². The zero-order valence-corrected chi connectivity index (χ0v) is 16.4. The molecule has 0 aliphatic carbocycles. The summed E-state index contributed by atoms with van der Waals surface area (Å²) in [5, 5.41) is 0. The van der Waals surface area contributed by atoms with Gasteiger partial charge >= 0.3 is 5.97 Å². The second-order valence-electron chi connectivity index (χ2n) is 5.55. The van der Waals surface area contributed by atoms with Crippen LogP contribution in [0.1, 0.15) is 31.1 Å². The third-order valence-electron chi connectivity index (χ3n) is 2.37. The number of halogens is 1. The fourth-order valence-corrected chi connectivity index (χ4v) is 2.39. The first kappa shape index (κ1) is 19.7. The highest BCUT2D eigenvalue weighted by Crippen LogP contribution is 2.20. The van der Waals surface area contributed by atoms with Crippen molar-refractivity contribution in [2.24, 2.45) is 4.40 Å². The highest BCUT2D eigenvalue weighted by Gasteiger charge is 2.17. The summed E-state index contributed by atoms with van der Waals surface area (Å²) < 4.78 is 10.2. The van der Waals surface area contributed by atoms with E-state index in [2.05, 4.69) is 45.8 Å². The van der Waals surface area contributed by atoms with Gasteiger partial charge in [-0.15, -0.1) is 0 Å². The molecule has 0 radical (unpaired) electrons. The van der Waals surface area contributed by atoms with E-state index >= 15 is 0 Å². The lowest BCUT2D eigenvalue weighted by Gasteiger charge is -2.19.